The minimum atomic E-state index is -0.550. The van der Waals surface area contributed by atoms with Gasteiger partial charge in [-0.2, -0.15) is 0 Å². The van der Waals surface area contributed by atoms with Gasteiger partial charge in [0.05, 0.1) is 19.3 Å². The van der Waals surface area contributed by atoms with Crippen LogP contribution in [0.1, 0.15) is 36.9 Å². The summed E-state index contributed by atoms with van der Waals surface area (Å²) in [5.41, 5.74) is 9.44. The number of primary amides is 1. The Morgan fingerprint density at radius 2 is 2.15 bits per heavy atom. The summed E-state index contributed by atoms with van der Waals surface area (Å²) >= 11 is 0. The summed E-state index contributed by atoms with van der Waals surface area (Å²) in [6.07, 6.45) is 0.885. The van der Waals surface area contributed by atoms with E-state index in [-0.39, 0.29) is 30.3 Å². The molecule has 1 heterocycles. The summed E-state index contributed by atoms with van der Waals surface area (Å²) in [5.74, 6) is -0.910. The van der Waals surface area contributed by atoms with Gasteiger partial charge in [0, 0.05) is 19.1 Å². The van der Waals surface area contributed by atoms with Crippen molar-refractivity contribution in [3.63, 3.8) is 0 Å². The summed E-state index contributed by atoms with van der Waals surface area (Å²) in [6, 6.07) is 3.48. The number of carbonyl (C=O) groups excluding carboxylic acids is 2. The van der Waals surface area contributed by atoms with Crippen molar-refractivity contribution in [2.24, 2.45) is 11.7 Å². The molecule has 2 unspecified atom stereocenters. The fraction of sp³-hybridized carbons (Fsp3) is 0.556. The molecule has 1 aliphatic rings. The Bertz CT molecular complexity index is 641. The van der Waals surface area contributed by atoms with Crippen LogP contribution >= 0.6 is 0 Å². The van der Waals surface area contributed by atoms with Gasteiger partial charge in [-0.1, -0.05) is 6.07 Å². The van der Waals surface area contributed by atoms with Crippen LogP contribution in [0.3, 0.4) is 0 Å². The molecule has 26 heavy (non-hydrogen) atoms. The molecule has 0 spiro atoms. The summed E-state index contributed by atoms with van der Waals surface area (Å²) < 4.78 is 18.5. The number of nitrogens with one attached hydrogen (secondary N) is 1. The van der Waals surface area contributed by atoms with Crippen molar-refractivity contribution in [1.29, 1.82) is 0 Å². The minimum Gasteiger partial charge on any atom is -0.379 e. The highest BCUT2D eigenvalue weighted by molar-refractivity contribution is 5.79. The number of halogens is 1. The zero-order valence-electron chi connectivity index (χ0n) is 15.2. The molecule has 1 aliphatic heterocycles. The number of carbonyl (C=O) groups is 2. The standard InChI is InChI=1S/C18H26FN3O4/c1-3-25-8-9-26-21-17(23)13-6-7-22(18(20)24)16(11-13)15-5-4-14(19)10-12(15)2/h4-5,10,13,16H,3,6-9,11H2,1-2H3,(H2,20,24)(H,21,23). The predicted octanol–water partition coefficient (Wildman–Crippen LogP) is 2.05. The number of hydrogen-bond donors (Lipinski definition) is 2. The second-order valence-electron chi connectivity index (χ2n) is 6.28. The number of nitrogens with zero attached hydrogens (tertiary/aromatic N) is 1. The van der Waals surface area contributed by atoms with Gasteiger partial charge in [-0.3, -0.25) is 9.63 Å². The second-order valence-corrected chi connectivity index (χ2v) is 6.28. The van der Waals surface area contributed by atoms with Crippen LogP contribution in [0.5, 0.6) is 0 Å². The van der Waals surface area contributed by atoms with E-state index in [9.17, 15) is 14.0 Å². The average Bonchev–Trinajstić information content (AvgIpc) is 2.60. The van der Waals surface area contributed by atoms with Gasteiger partial charge in [-0.15, -0.1) is 0 Å². The van der Waals surface area contributed by atoms with Crippen LogP contribution in [-0.4, -0.2) is 43.2 Å². The van der Waals surface area contributed by atoms with Gasteiger partial charge < -0.3 is 15.4 Å². The lowest BCUT2D eigenvalue weighted by atomic mass is 9.85. The number of hydrogen-bond acceptors (Lipinski definition) is 4. The van der Waals surface area contributed by atoms with Crippen molar-refractivity contribution in [3.8, 4) is 0 Å². The van der Waals surface area contributed by atoms with Gasteiger partial charge in [0.1, 0.15) is 5.82 Å². The molecule has 1 fully saturated rings. The summed E-state index contributed by atoms with van der Waals surface area (Å²) in [5, 5.41) is 0. The molecule has 0 aromatic heterocycles. The maximum Gasteiger partial charge on any atom is 0.315 e. The highest BCUT2D eigenvalue weighted by atomic mass is 19.1. The zero-order valence-corrected chi connectivity index (χ0v) is 15.2. The third-order valence-corrected chi connectivity index (χ3v) is 4.55. The second kappa shape index (κ2) is 9.49. The number of likely N-dealkylation sites (tertiary alicyclic amines) is 1. The number of piperidine rings is 1. The summed E-state index contributed by atoms with van der Waals surface area (Å²) in [4.78, 5) is 30.8. The van der Waals surface area contributed by atoms with Crippen LogP contribution in [0.25, 0.3) is 0 Å². The Kier molecular flexibility index (Phi) is 7.35. The van der Waals surface area contributed by atoms with Crippen molar-refractivity contribution in [3.05, 3.63) is 35.1 Å². The van der Waals surface area contributed by atoms with Gasteiger partial charge in [-0.25, -0.2) is 14.7 Å². The molecule has 3 amide bonds. The highest BCUT2D eigenvalue weighted by Gasteiger charge is 2.35. The first-order chi connectivity index (χ1) is 12.4. The number of rotatable bonds is 7. The van der Waals surface area contributed by atoms with Gasteiger partial charge >= 0.3 is 6.03 Å². The van der Waals surface area contributed by atoms with E-state index in [1.54, 1.807) is 13.0 Å². The molecule has 2 rings (SSSR count). The molecule has 1 saturated heterocycles. The molecule has 8 heteroatoms. The predicted molar refractivity (Wildman–Crippen MR) is 93.5 cm³/mol. The maximum absolute atomic E-state index is 13.4. The number of urea groups is 1. The number of aryl methyl sites for hydroxylation is 1. The quantitative estimate of drug-likeness (QED) is 0.570. The lowest BCUT2D eigenvalue weighted by Crippen LogP contribution is -2.47. The van der Waals surface area contributed by atoms with Crippen LogP contribution in [0, 0.1) is 18.7 Å². The van der Waals surface area contributed by atoms with Crippen LogP contribution in [0.4, 0.5) is 9.18 Å². The van der Waals surface area contributed by atoms with Crippen LogP contribution < -0.4 is 11.2 Å². The molecule has 0 radical (unpaired) electrons. The topological polar surface area (TPSA) is 93.9 Å². The molecule has 1 aromatic rings. The first kappa shape index (κ1) is 20.1. The van der Waals surface area contributed by atoms with E-state index in [1.165, 1.54) is 17.0 Å². The van der Waals surface area contributed by atoms with Gasteiger partial charge in [0.15, 0.2) is 0 Å². The van der Waals surface area contributed by atoms with Gasteiger partial charge in [0.25, 0.3) is 0 Å². The Hall–Kier alpha value is -2.19. The normalized spacial score (nSPS) is 20.0. The minimum absolute atomic E-state index is 0.240. The Labute approximate surface area is 152 Å². The molecule has 0 bridgehead atoms. The largest absolute Gasteiger partial charge is 0.379 e. The van der Waals surface area contributed by atoms with Crippen molar-refractivity contribution in [2.45, 2.75) is 32.7 Å². The van der Waals surface area contributed by atoms with Crippen molar-refractivity contribution >= 4 is 11.9 Å². The third kappa shape index (κ3) is 5.15. The molecular weight excluding hydrogens is 341 g/mol. The van der Waals surface area contributed by atoms with Gasteiger partial charge in [-0.05, 0) is 49.9 Å². The number of nitrogens with two attached hydrogens (primary N) is 1. The van der Waals surface area contributed by atoms with Crippen LogP contribution in [-0.2, 0) is 14.4 Å². The SMILES string of the molecule is CCOCCONC(=O)C1CCN(C(N)=O)C(c2ccc(F)cc2C)C1. The number of ether oxygens (including phenoxy) is 1. The molecule has 7 nitrogen and oxygen atoms in total. The molecule has 2 atom stereocenters. The Balaban J connectivity index is 2.04. The highest BCUT2D eigenvalue weighted by Crippen LogP contribution is 2.35. The number of hydroxylamine groups is 1. The lowest BCUT2D eigenvalue weighted by Gasteiger charge is -2.38. The van der Waals surface area contributed by atoms with E-state index < -0.39 is 6.03 Å². The first-order valence-electron chi connectivity index (χ1n) is 8.75. The van der Waals surface area contributed by atoms with Crippen LogP contribution in [0.15, 0.2) is 18.2 Å². The summed E-state index contributed by atoms with van der Waals surface area (Å²) in [6.45, 7) is 5.25. The number of amides is 3. The summed E-state index contributed by atoms with van der Waals surface area (Å²) in [7, 11) is 0. The van der Waals surface area contributed by atoms with Crippen molar-refractivity contribution in [2.75, 3.05) is 26.4 Å². The Morgan fingerprint density at radius 1 is 1.38 bits per heavy atom. The first-order valence-corrected chi connectivity index (χ1v) is 8.75. The fourth-order valence-electron chi connectivity index (χ4n) is 3.23. The average molecular weight is 367 g/mol. The smallest absolute Gasteiger partial charge is 0.315 e. The molecule has 0 saturated carbocycles. The monoisotopic (exact) mass is 367 g/mol. The van der Waals surface area contributed by atoms with E-state index in [2.05, 4.69) is 5.48 Å². The van der Waals surface area contributed by atoms with Gasteiger partial charge in [0.2, 0.25) is 5.91 Å². The fourth-order valence-corrected chi connectivity index (χ4v) is 3.23. The van der Waals surface area contributed by atoms with E-state index in [4.69, 9.17) is 15.3 Å². The van der Waals surface area contributed by atoms with Crippen molar-refractivity contribution in [1.82, 2.24) is 10.4 Å². The molecule has 144 valence electrons. The van der Waals surface area contributed by atoms with Crippen LogP contribution in [0.2, 0.25) is 0 Å². The van der Waals surface area contributed by atoms with E-state index in [0.717, 1.165) is 11.1 Å². The third-order valence-electron chi connectivity index (χ3n) is 4.55. The van der Waals surface area contributed by atoms with E-state index >= 15 is 0 Å². The molecule has 3 N–H and O–H groups in total. The van der Waals surface area contributed by atoms with E-state index in [0.29, 0.717) is 32.6 Å². The number of benzene rings is 1. The molecule has 1 aromatic carbocycles. The Morgan fingerprint density at radius 3 is 2.81 bits per heavy atom. The van der Waals surface area contributed by atoms with E-state index in [1.807, 2.05) is 6.92 Å². The van der Waals surface area contributed by atoms with Crippen molar-refractivity contribution < 1.29 is 23.6 Å². The molecular formula is C18H26FN3O4. The molecule has 0 aliphatic carbocycles. The maximum atomic E-state index is 13.4. The lowest BCUT2D eigenvalue weighted by molar-refractivity contribution is -0.141. The zero-order chi connectivity index (χ0) is 19.1.